The molecule has 0 amide bonds. The Bertz CT molecular complexity index is 97.8. The zero-order chi connectivity index (χ0) is 11.2. The highest BCUT2D eigenvalue weighted by Crippen LogP contribution is 2.02. The molecule has 0 rings (SSSR count). The van der Waals surface area contributed by atoms with E-state index in [9.17, 15) is 0 Å². The molecular formula is C12H27NO2. The van der Waals surface area contributed by atoms with Crippen molar-refractivity contribution in [2.45, 2.75) is 38.5 Å². The molecule has 0 aromatic rings. The molecule has 0 fully saturated rings. The van der Waals surface area contributed by atoms with Gasteiger partial charge < -0.3 is 14.8 Å². The predicted octanol–water partition coefficient (Wildman–Crippen LogP) is 2.21. The standard InChI is InChI=1S/C12H27NO2/c1-13-9-6-4-3-5-7-11-15-12-8-10-14-2/h13H,3-12H2,1-2H3. The topological polar surface area (TPSA) is 30.5 Å². The van der Waals surface area contributed by atoms with Crippen LogP contribution in [0.2, 0.25) is 0 Å². The normalized spacial score (nSPS) is 10.8. The lowest BCUT2D eigenvalue weighted by atomic mass is 10.1. The van der Waals surface area contributed by atoms with Crippen LogP contribution in [0.1, 0.15) is 38.5 Å². The molecule has 0 saturated heterocycles. The average molecular weight is 217 g/mol. The molecule has 0 spiro atoms. The van der Waals surface area contributed by atoms with Crippen LogP contribution >= 0.6 is 0 Å². The van der Waals surface area contributed by atoms with Crippen LogP contribution in [0.25, 0.3) is 0 Å². The van der Waals surface area contributed by atoms with Crippen LogP contribution in [-0.2, 0) is 9.47 Å². The molecule has 0 unspecified atom stereocenters. The second-order valence-electron chi connectivity index (χ2n) is 3.83. The number of hydrogen-bond acceptors (Lipinski definition) is 3. The minimum Gasteiger partial charge on any atom is -0.385 e. The molecule has 0 aliphatic heterocycles. The molecule has 0 saturated carbocycles. The second kappa shape index (κ2) is 13.9. The first kappa shape index (κ1) is 14.9. The lowest BCUT2D eigenvalue weighted by Crippen LogP contribution is -2.07. The van der Waals surface area contributed by atoms with Gasteiger partial charge in [0, 0.05) is 26.9 Å². The quantitative estimate of drug-likeness (QED) is 0.508. The summed E-state index contributed by atoms with van der Waals surface area (Å²) in [5, 5.41) is 3.16. The van der Waals surface area contributed by atoms with E-state index in [-0.39, 0.29) is 0 Å². The fourth-order valence-corrected chi connectivity index (χ4v) is 1.44. The van der Waals surface area contributed by atoms with Gasteiger partial charge in [-0.05, 0) is 32.9 Å². The van der Waals surface area contributed by atoms with Gasteiger partial charge in [0.15, 0.2) is 0 Å². The maximum Gasteiger partial charge on any atom is 0.0487 e. The zero-order valence-electron chi connectivity index (χ0n) is 10.4. The summed E-state index contributed by atoms with van der Waals surface area (Å²) in [6.07, 6.45) is 7.48. The Labute approximate surface area is 94.5 Å². The Morgan fingerprint density at radius 2 is 1.47 bits per heavy atom. The summed E-state index contributed by atoms with van der Waals surface area (Å²) in [6, 6.07) is 0. The van der Waals surface area contributed by atoms with Gasteiger partial charge in [0.1, 0.15) is 0 Å². The van der Waals surface area contributed by atoms with Gasteiger partial charge >= 0.3 is 0 Å². The van der Waals surface area contributed by atoms with Crippen LogP contribution in [0, 0.1) is 0 Å². The minimum absolute atomic E-state index is 0.810. The highest BCUT2D eigenvalue weighted by atomic mass is 16.5. The molecule has 3 nitrogen and oxygen atoms in total. The molecule has 15 heavy (non-hydrogen) atoms. The Hall–Kier alpha value is -0.120. The first-order chi connectivity index (χ1) is 7.41. The Morgan fingerprint density at radius 3 is 2.20 bits per heavy atom. The van der Waals surface area contributed by atoms with Gasteiger partial charge in [-0.15, -0.1) is 0 Å². The fourth-order valence-electron chi connectivity index (χ4n) is 1.44. The Kier molecular flexibility index (Phi) is 13.8. The molecule has 0 aliphatic rings. The molecule has 92 valence electrons. The number of ether oxygens (including phenoxy) is 2. The SMILES string of the molecule is CNCCCCCCCOCCCOC. The van der Waals surface area contributed by atoms with Crippen LogP contribution in [0.3, 0.4) is 0 Å². The molecule has 3 heteroatoms. The predicted molar refractivity (Wildman–Crippen MR) is 64.3 cm³/mol. The van der Waals surface area contributed by atoms with Crippen molar-refractivity contribution in [1.29, 1.82) is 0 Å². The average Bonchev–Trinajstić information content (AvgIpc) is 2.26. The van der Waals surface area contributed by atoms with Crippen molar-refractivity contribution in [3.8, 4) is 0 Å². The third kappa shape index (κ3) is 13.9. The summed E-state index contributed by atoms with van der Waals surface area (Å²) < 4.78 is 10.4. The van der Waals surface area contributed by atoms with Crippen LogP contribution in [-0.4, -0.2) is 40.5 Å². The van der Waals surface area contributed by atoms with Gasteiger partial charge in [0.05, 0.1) is 0 Å². The van der Waals surface area contributed by atoms with Crippen molar-refractivity contribution < 1.29 is 9.47 Å². The van der Waals surface area contributed by atoms with Crippen LogP contribution in [0.4, 0.5) is 0 Å². The van der Waals surface area contributed by atoms with E-state index in [1.807, 2.05) is 7.05 Å². The molecule has 0 aromatic heterocycles. The van der Waals surface area contributed by atoms with Gasteiger partial charge in [0.2, 0.25) is 0 Å². The molecule has 0 atom stereocenters. The van der Waals surface area contributed by atoms with Crippen molar-refractivity contribution in [2.75, 3.05) is 40.5 Å². The van der Waals surface area contributed by atoms with E-state index in [4.69, 9.17) is 9.47 Å². The zero-order valence-corrected chi connectivity index (χ0v) is 10.4. The molecule has 0 aliphatic carbocycles. The van der Waals surface area contributed by atoms with Crippen LogP contribution in [0.5, 0.6) is 0 Å². The second-order valence-corrected chi connectivity index (χ2v) is 3.83. The van der Waals surface area contributed by atoms with E-state index in [0.717, 1.165) is 32.8 Å². The molecule has 0 radical (unpaired) electrons. The summed E-state index contributed by atoms with van der Waals surface area (Å²) >= 11 is 0. The summed E-state index contributed by atoms with van der Waals surface area (Å²) in [5.41, 5.74) is 0. The smallest absolute Gasteiger partial charge is 0.0487 e. The maximum absolute atomic E-state index is 5.47. The van der Waals surface area contributed by atoms with Crippen LogP contribution in [0.15, 0.2) is 0 Å². The van der Waals surface area contributed by atoms with Crippen molar-refractivity contribution in [2.24, 2.45) is 0 Å². The summed E-state index contributed by atoms with van der Waals surface area (Å²) in [6.45, 7) is 3.71. The van der Waals surface area contributed by atoms with Gasteiger partial charge in [-0.2, -0.15) is 0 Å². The van der Waals surface area contributed by atoms with E-state index in [0.29, 0.717) is 0 Å². The molecule has 0 heterocycles. The van der Waals surface area contributed by atoms with Gasteiger partial charge in [-0.1, -0.05) is 19.3 Å². The monoisotopic (exact) mass is 217 g/mol. The lowest BCUT2D eigenvalue weighted by Gasteiger charge is -2.04. The minimum atomic E-state index is 0.810. The summed E-state index contributed by atoms with van der Waals surface area (Å²) in [7, 11) is 3.74. The van der Waals surface area contributed by atoms with E-state index >= 15 is 0 Å². The number of hydrogen-bond donors (Lipinski definition) is 1. The number of nitrogens with one attached hydrogen (secondary N) is 1. The third-order valence-corrected chi connectivity index (χ3v) is 2.35. The van der Waals surface area contributed by atoms with E-state index in [1.54, 1.807) is 7.11 Å². The largest absolute Gasteiger partial charge is 0.385 e. The number of methoxy groups -OCH3 is 1. The van der Waals surface area contributed by atoms with E-state index in [1.165, 1.54) is 32.1 Å². The summed E-state index contributed by atoms with van der Waals surface area (Å²) in [4.78, 5) is 0. The van der Waals surface area contributed by atoms with Crippen molar-refractivity contribution in [3.63, 3.8) is 0 Å². The van der Waals surface area contributed by atoms with Crippen molar-refractivity contribution in [3.05, 3.63) is 0 Å². The number of rotatable bonds is 12. The van der Waals surface area contributed by atoms with E-state index < -0.39 is 0 Å². The number of unbranched alkanes of at least 4 members (excludes halogenated alkanes) is 4. The first-order valence-electron chi connectivity index (χ1n) is 6.13. The van der Waals surface area contributed by atoms with Crippen molar-refractivity contribution in [1.82, 2.24) is 5.32 Å². The Balaban J connectivity index is 2.81. The highest BCUT2D eigenvalue weighted by molar-refractivity contribution is 4.46. The fraction of sp³-hybridized carbons (Fsp3) is 1.00. The Morgan fingerprint density at radius 1 is 0.800 bits per heavy atom. The van der Waals surface area contributed by atoms with Gasteiger partial charge in [0.25, 0.3) is 0 Å². The summed E-state index contributed by atoms with van der Waals surface area (Å²) in [5.74, 6) is 0. The van der Waals surface area contributed by atoms with Crippen LogP contribution < -0.4 is 5.32 Å². The molecule has 0 aromatic carbocycles. The van der Waals surface area contributed by atoms with E-state index in [2.05, 4.69) is 5.32 Å². The first-order valence-corrected chi connectivity index (χ1v) is 6.13. The maximum atomic E-state index is 5.47. The van der Waals surface area contributed by atoms with Gasteiger partial charge in [-0.25, -0.2) is 0 Å². The third-order valence-electron chi connectivity index (χ3n) is 2.35. The lowest BCUT2D eigenvalue weighted by molar-refractivity contribution is 0.100. The molecule has 1 N–H and O–H groups in total. The highest BCUT2D eigenvalue weighted by Gasteiger charge is 1.91. The molecular weight excluding hydrogens is 190 g/mol. The molecule has 0 bridgehead atoms. The van der Waals surface area contributed by atoms with Crippen molar-refractivity contribution >= 4 is 0 Å². The van der Waals surface area contributed by atoms with Gasteiger partial charge in [-0.3, -0.25) is 0 Å².